The summed E-state index contributed by atoms with van der Waals surface area (Å²) in [6.45, 7) is 1.80. The first-order chi connectivity index (χ1) is 11.3. The molecule has 5 nitrogen and oxygen atoms in total. The van der Waals surface area contributed by atoms with Gasteiger partial charge in [0.1, 0.15) is 11.6 Å². The van der Waals surface area contributed by atoms with Crippen molar-refractivity contribution in [2.24, 2.45) is 4.99 Å². The quantitative estimate of drug-likeness (QED) is 0.892. The van der Waals surface area contributed by atoms with Gasteiger partial charge in [-0.1, -0.05) is 18.2 Å². The molecule has 0 saturated heterocycles. The standard InChI is InChI=1S/C18H19N3O2/c22-17(13-23-16-5-2-1-3-6-16)21-15-9-7-14(8-10-15)18-19-11-4-12-20-18/h1-3,5-10H,4,11-13H2,(H,19,20)(H,21,22). The number of anilines is 1. The van der Waals surface area contributed by atoms with Crippen LogP contribution in [-0.2, 0) is 4.79 Å². The lowest BCUT2D eigenvalue weighted by atomic mass is 10.1. The fourth-order valence-corrected chi connectivity index (χ4v) is 2.30. The van der Waals surface area contributed by atoms with Crippen LogP contribution in [0.3, 0.4) is 0 Å². The van der Waals surface area contributed by atoms with Crippen LogP contribution in [0, 0.1) is 0 Å². The molecule has 3 rings (SSSR count). The first-order valence-electron chi connectivity index (χ1n) is 7.68. The van der Waals surface area contributed by atoms with Gasteiger partial charge in [-0.05, 0) is 42.8 Å². The zero-order valence-corrected chi connectivity index (χ0v) is 12.8. The topological polar surface area (TPSA) is 62.7 Å². The Bertz CT molecular complexity index is 681. The fourth-order valence-electron chi connectivity index (χ4n) is 2.30. The van der Waals surface area contributed by atoms with Crippen LogP contribution < -0.4 is 15.4 Å². The Morgan fingerprint density at radius 3 is 2.61 bits per heavy atom. The van der Waals surface area contributed by atoms with Gasteiger partial charge in [-0.3, -0.25) is 9.79 Å². The molecule has 5 heteroatoms. The van der Waals surface area contributed by atoms with Crippen LogP contribution in [0.15, 0.2) is 59.6 Å². The summed E-state index contributed by atoms with van der Waals surface area (Å²) in [7, 11) is 0. The SMILES string of the molecule is O=C(COc1ccccc1)Nc1ccc(C2=NCCCN2)cc1. The van der Waals surface area contributed by atoms with Crippen LogP contribution in [0.2, 0.25) is 0 Å². The third-order valence-electron chi connectivity index (χ3n) is 3.45. The number of nitrogens with one attached hydrogen (secondary N) is 2. The van der Waals surface area contributed by atoms with E-state index in [2.05, 4.69) is 15.6 Å². The van der Waals surface area contributed by atoms with Crippen molar-refractivity contribution < 1.29 is 9.53 Å². The number of carbonyl (C=O) groups is 1. The normalized spacial score (nSPS) is 13.7. The zero-order valence-electron chi connectivity index (χ0n) is 12.8. The predicted octanol–water partition coefficient (Wildman–Crippen LogP) is 2.44. The highest BCUT2D eigenvalue weighted by atomic mass is 16.5. The smallest absolute Gasteiger partial charge is 0.262 e. The summed E-state index contributed by atoms with van der Waals surface area (Å²) in [5.41, 5.74) is 1.77. The van der Waals surface area contributed by atoms with E-state index in [0.29, 0.717) is 5.75 Å². The van der Waals surface area contributed by atoms with Gasteiger partial charge in [0.15, 0.2) is 6.61 Å². The number of aliphatic imine (C=N–C) groups is 1. The van der Waals surface area contributed by atoms with Crippen molar-refractivity contribution in [2.45, 2.75) is 6.42 Å². The zero-order chi connectivity index (χ0) is 15.9. The number of hydrogen-bond donors (Lipinski definition) is 2. The number of amidine groups is 1. The van der Waals surface area contributed by atoms with Crippen molar-refractivity contribution in [2.75, 3.05) is 25.0 Å². The van der Waals surface area contributed by atoms with Gasteiger partial charge < -0.3 is 15.4 Å². The molecule has 1 heterocycles. The summed E-state index contributed by atoms with van der Waals surface area (Å²) >= 11 is 0. The third kappa shape index (κ3) is 4.32. The minimum Gasteiger partial charge on any atom is -0.484 e. The van der Waals surface area contributed by atoms with Gasteiger partial charge >= 0.3 is 0 Å². The lowest BCUT2D eigenvalue weighted by molar-refractivity contribution is -0.118. The van der Waals surface area contributed by atoms with Crippen LogP contribution in [0.4, 0.5) is 5.69 Å². The van der Waals surface area contributed by atoms with E-state index in [1.165, 1.54) is 0 Å². The molecule has 0 fully saturated rings. The number of para-hydroxylation sites is 1. The minimum absolute atomic E-state index is 0.0139. The molecule has 0 aliphatic carbocycles. The lowest BCUT2D eigenvalue weighted by Gasteiger charge is -2.15. The summed E-state index contributed by atoms with van der Waals surface area (Å²) in [6, 6.07) is 16.9. The summed E-state index contributed by atoms with van der Waals surface area (Å²) in [4.78, 5) is 16.4. The highest BCUT2D eigenvalue weighted by Crippen LogP contribution is 2.12. The molecule has 0 bridgehead atoms. The van der Waals surface area contributed by atoms with E-state index in [-0.39, 0.29) is 12.5 Å². The molecular formula is C18H19N3O2. The second kappa shape index (κ2) is 7.45. The van der Waals surface area contributed by atoms with E-state index in [1.54, 1.807) is 0 Å². The lowest BCUT2D eigenvalue weighted by Crippen LogP contribution is -2.30. The van der Waals surface area contributed by atoms with Crippen molar-refractivity contribution in [3.63, 3.8) is 0 Å². The molecule has 0 unspecified atom stereocenters. The molecule has 118 valence electrons. The molecule has 23 heavy (non-hydrogen) atoms. The van der Waals surface area contributed by atoms with Gasteiger partial charge in [0.2, 0.25) is 0 Å². The van der Waals surface area contributed by atoms with Gasteiger partial charge in [-0.15, -0.1) is 0 Å². The minimum atomic E-state index is -0.185. The van der Waals surface area contributed by atoms with E-state index in [1.807, 2.05) is 54.6 Å². The predicted molar refractivity (Wildman–Crippen MR) is 91.0 cm³/mol. The van der Waals surface area contributed by atoms with Crippen molar-refractivity contribution in [1.82, 2.24) is 5.32 Å². The number of benzene rings is 2. The maximum Gasteiger partial charge on any atom is 0.262 e. The average molecular weight is 309 g/mol. The van der Waals surface area contributed by atoms with Crippen LogP contribution in [0.5, 0.6) is 5.75 Å². The molecule has 0 radical (unpaired) electrons. The molecule has 0 aromatic heterocycles. The van der Waals surface area contributed by atoms with E-state index >= 15 is 0 Å². The van der Waals surface area contributed by atoms with Crippen molar-refractivity contribution in [1.29, 1.82) is 0 Å². The number of rotatable bonds is 5. The highest BCUT2D eigenvalue weighted by molar-refractivity contribution is 6.00. The highest BCUT2D eigenvalue weighted by Gasteiger charge is 2.08. The fraction of sp³-hybridized carbons (Fsp3) is 0.222. The Labute approximate surface area is 135 Å². The van der Waals surface area contributed by atoms with Gasteiger partial charge in [0, 0.05) is 24.3 Å². The first kappa shape index (κ1) is 15.1. The number of amides is 1. The van der Waals surface area contributed by atoms with Crippen molar-refractivity contribution in [3.8, 4) is 5.75 Å². The summed E-state index contributed by atoms with van der Waals surface area (Å²) in [5, 5.41) is 6.09. The molecule has 0 saturated carbocycles. The third-order valence-corrected chi connectivity index (χ3v) is 3.45. The molecule has 1 aliphatic heterocycles. The van der Waals surface area contributed by atoms with E-state index < -0.39 is 0 Å². The van der Waals surface area contributed by atoms with Crippen LogP contribution in [0.1, 0.15) is 12.0 Å². The van der Waals surface area contributed by atoms with E-state index in [0.717, 1.165) is 36.6 Å². The Morgan fingerprint density at radius 1 is 1.13 bits per heavy atom. The summed E-state index contributed by atoms with van der Waals surface area (Å²) in [6.07, 6.45) is 1.07. The van der Waals surface area contributed by atoms with Gasteiger partial charge in [0.05, 0.1) is 0 Å². The van der Waals surface area contributed by atoms with Crippen LogP contribution in [-0.4, -0.2) is 31.4 Å². The van der Waals surface area contributed by atoms with Gasteiger partial charge in [-0.2, -0.15) is 0 Å². The molecule has 2 aromatic carbocycles. The van der Waals surface area contributed by atoms with E-state index in [4.69, 9.17) is 4.74 Å². The molecular weight excluding hydrogens is 290 g/mol. The van der Waals surface area contributed by atoms with Crippen LogP contribution in [0.25, 0.3) is 0 Å². The Hall–Kier alpha value is -2.82. The Kier molecular flexibility index (Phi) is 4.88. The second-order valence-corrected chi connectivity index (χ2v) is 5.24. The molecule has 0 spiro atoms. The summed E-state index contributed by atoms with van der Waals surface area (Å²) in [5.74, 6) is 1.41. The van der Waals surface area contributed by atoms with Gasteiger partial charge in [-0.25, -0.2) is 0 Å². The second-order valence-electron chi connectivity index (χ2n) is 5.24. The number of carbonyl (C=O) groups excluding carboxylic acids is 1. The van der Waals surface area contributed by atoms with Crippen molar-refractivity contribution in [3.05, 3.63) is 60.2 Å². The first-order valence-corrected chi connectivity index (χ1v) is 7.68. The molecule has 2 N–H and O–H groups in total. The maximum absolute atomic E-state index is 11.9. The molecule has 1 amide bonds. The van der Waals surface area contributed by atoms with Gasteiger partial charge in [0.25, 0.3) is 5.91 Å². The average Bonchev–Trinajstić information content (AvgIpc) is 2.62. The van der Waals surface area contributed by atoms with Crippen LogP contribution >= 0.6 is 0 Å². The molecule has 0 atom stereocenters. The summed E-state index contributed by atoms with van der Waals surface area (Å²) < 4.78 is 5.42. The number of nitrogens with zero attached hydrogens (tertiary/aromatic N) is 1. The number of ether oxygens (including phenoxy) is 1. The maximum atomic E-state index is 11.9. The molecule has 2 aromatic rings. The monoisotopic (exact) mass is 309 g/mol. The number of hydrogen-bond acceptors (Lipinski definition) is 4. The Morgan fingerprint density at radius 2 is 1.91 bits per heavy atom. The van der Waals surface area contributed by atoms with Crippen molar-refractivity contribution >= 4 is 17.4 Å². The Balaban J connectivity index is 1.53. The van der Waals surface area contributed by atoms with E-state index in [9.17, 15) is 4.79 Å². The largest absolute Gasteiger partial charge is 0.484 e. The molecule has 1 aliphatic rings.